The summed E-state index contributed by atoms with van der Waals surface area (Å²) in [5.41, 5.74) is 4.07. The molecule has 2 aromatic carbocycles. The highest BCUT2D eigenvalue weighted by Gasteiger charge is 2.18. The number of aryl methyl sites for hydroxylation is 2. The van der Waals surface area contributed by atoms with Crippen molar-refractivity contribution < 1.29 is 13.7 Å². The molecule has 3 rings (SSSR count). The molecule has 0 aliphatic heterocycles. The van der Waals surface area contributed by atoms with Gasteiger partial charge < -0.3 is 9.42 Å². The first-order valence-corrected chi connectivity index (χ1v) is 8.96. The molecule has 1 aromatic heterocycles. The van der Waals surface area contributed by atoms with Crippen molar-refractivity contribution in [2.45, 2.75) is 33.7 Å². The maximum absolute atomic E-state index is 13.9. The Hall–Kier alpha value is -3.46. The van der Waals surface area contributed by atoms with Crippen LogP contribution in [0, 0.1) is 31.0 Å². The Morgan fingerprint density at radius 1 is 1.25 bits per heavy atom. The van der Waals surface area contributed by atoms with E-state index in [1.54, 1.807) is 6.92 Å². The van der Waals surface area contributed by atoms with Crippen molar-refractivity contribution in [2.24, 2.45) is 0 Å². The van der Waals surface area contributed by atoms with Crippen molar-refractivity contribution in [3.05, 3.63) is 70.9 Å². The Bertz CT molecular complexity index is 1050. The molecule has 1 amide bonds. The van der Waals surface area contributed by atoms with E-state index < -0.39 is 5.82 Å². The molecule has 6 heteroatoms. The van der Waals surface area contributed by atoms with Gasteiger partial charge in [0.2, 0.25) is 5.91 Å². The number of aromatic nitrogens is 1. The van der Waals surface area contributed by atoms with Gasteiger partial charge >= 0.3 is 0 Å². The third-order valence-electron chi connectivity index (χ3n) is 4.52. The van der Waals surface area contributed by atoms with Crippen molar-refractivity contribution in [3.63, 3.8) is 0 Å². The molecule has 28 heavy (non-hydrogen) atoms. The zero-order chi connectivity index (χ0) is 20.3. The minimum atomic E-state index is -0.549. The highest BCUT2D eigenvalue weighted by molar-refractivity contribution is 5.93. The Morgan fingerprint density at radius 2 is 2.04 bits per heavy atom. The fourth-order valence-corrected chi connectivity index (χ4v) is 3.21. The van der Waals surface area contributed by atoms with E-state index in [-0.39, 0.29) is 24.4 Å². The Morgan fingerprint density at radius 3 is 2.68 bits per heavy atom. The first-order valence-electron chi connectivity index (χ1n) is 8.96. The predicted molar refractivity (Wildman–Crippen MR) is 104 cm³/mol. The first kappa shape index (κ1) is 19.3. The van der Waals surface area contributed by atoms with Crippen LogP contribution < -0.4 is 4.90 Å². The summed E-state index contributed by atoms with van der Waals surface area (Å²) in [7, 11) is 0. The van der Waals surface area contributed by atoms with Gasteiger partial charge in [-0.25, -0.2) is 4.39 Å². The van der Waals surface area contributed by atoms with Gasteiger partial charge in [-0.1, -0.05) is 30.3 Å². The lowest BCUT2D eigenvalue weighted by molar-refractivity contribution is -0.118. The van der Waals surface area contributed by atoms with Gasteiger partial charge in [0, 0.05) is 17.7 Å². The number of amides is 1. The Labute approximate surface area is 163 Å². The van der Waals surface area contributed by atoms with E-state index in [2.05, 4.69) is 5.16 Å². The molecule has 0 atom stereocenters. The molecular formula is C22H20FN3O2. The first-order chi connectivity index (χ1) is 13.4. The SMILES string of the molecule is CCC(=O)N(Cc1cccc(-c2c(C)noc2C)c1)c1cc(F)cc(C#N)c1. The smallest absolute Gasteiger partial charge is 0.227 e. The van der Waals surface area contributed by atoms with E-state index in [1.807, 2.05) is 44.2 Å². The van der Waals surface area contributed by atoms with Gasteiger partial charge in [0.15, 0.2) is 0 Å². The average Bonchev–Trinajstić information content (AvgIpc) is 3.03. The number of hydrogen-bond acceptors (Lipinski definition) is 4. The largest absolute Gasteiger partial charge is 0.361 e. The number of nitriles is 1. The normalized spacial score (nSPS) is 10.5. The van der Waals surface area contributed by atoms with E-state index in [9.17, 15) is 9.18 Å². The van der Waals surface area contributed by atoms with Gasteiger partial charge in [-0.2, -0.15) is 5.26 Å². The van der Waals surface area contributed by atoms with Crippen LogP contribution in [0.1, 0.15) is 35.9 Å². The molecule has 0 saturated carbocycles. The van der Waals surface area contributed by atoms with E-state index in [0.29, 0.717) is 5.69 Å². The van der Waals surface area contributed by atoms with Gasteiger partial charge in [0.05, 0.1) is 23.9 Å². The van der Waals surface area contributed by atoms with Gasteiger partial charge in [0.1, 0.15) is 11.6 Å². The molecule has 0 aliphatic rings. The summed E-state index contributed by atoms with van der Waals surface area (Å²) < 4.78 is 19.2. The summed E-state index contributed by atoms with van der Waals surface area (Å²) in [6, 6.07) is 13.6. The molecule has 5 nitrogen and oxygen atoms in total. The summed E-state index contributed by atoms with van der Waals surface area (Å²) in [6.45, 7) is 5.74. The third kappa shape index (κ3) is 3.94. The number of carbonyl (C=O) groups excluding carboxylic acids is 1. The Balaban J connectivity index is 1.99. The van der Waals surface area contributed by atoms with Crippen molar-refractivity contribution in [1.29, 1.82) is 5.26 Å². The summed E-state index contributed by atoms with van der Waals surface area (Å²) in [6.07, 6.45) is 0.266. The second-order valence-corrected chi connectivity index (χ2v) is 6.54. The number of halogens is 1. The molecule has 3 aromatic rings. The highest BCUT2D eigenvalue weighted by Crippen LogP contribution is 2.28. The maximum atomic E-state index is 13.9. The summed E-state index contributed by atoms with van der Waals surface area (Å²) in [5, 5.41) is 13.1. The van der Waals surface area contributed by atoms with Crippen LogP contribution in [0.25, 0.3) is 11.1 Å². The molecule has 0 N–H and O–H groups in total. The quantitative estimate of drug-likeness (QED) is 0.633. The van der Waals surface area contributed by atoms with Gasteiger partial charge in [-0.15, -0.1) is 0 Å². The maximum Gasteiger partial charge on any atom is 0.227 e. The van der Waals surface area contributed by atoms with Crippen LogP contribution in [0.2, 0.25) is 0 Å². The summed E-state index contributed by atoms with van der Waals surface area (Å²) >= 11 is 0. The van der Waals surface area contributed by atoms with E-state index in [1.165, 1.54) is 17.0 Å². The number of hydrogen-bond donors (Lipinski definition) is 0. The lowest BCUT2D eigenvalue weighted by atomic mass is 10.0. The molecule has 0 fully saturated rings. The second-order valence-electron chi connectivity index (χ2n) is 6.54. The minimum Gasteiger partial charge on any atom is -0.361 e. The minimum absolute atomic E-state index is 0.155. The molecule has 0 aliphatic carbocycles. The number of anilines is 1. The average molecular weight is 377 g/mol. The molecule has 0 spiro atoms. The third-order valence-corrected chi connectivity index (χ3v) is 4.52. The summed E-state index contributed by atoms with van der Waals surface area (Å²) in [4.78, 5) is 14.0. The van der Waals surface area contributed by atoms with Crippen LogP contribution in [0.3, 0.4) is 0 Å². The molecule has 142 valence electrons. The zero-order valence-electron chi connectivity index (χ0n) is 16.0. The van der Waals surface area contributed by atoms with Crippen molar-refractivity contribution >= 4 is 11.6 Å². The number of carbonyl (C=O) groups is 1. The number of nitrogens with zero attached hydrogens (tertiary/aromatic N) is 3. The van der Waals surface area contributed by atoms with Gasteiger partial charge in [-0.3, -0.25) is 4.79 Å². The summed E-state index contributed by atoms with van der Waals surface area (Å²) in [5.74, 6) is 0.0181. The lowest BCUT2D eigenvalue weighted by Gasteiger charge is -2.23. The standard InChI is InChI=1S/C22H20FN3O2/c1-4-21(27)26(20-10-17(12-24)9-19(23)11-20)13-16-6-5-7-18(8-16)22-14(2)25-28-15(22)3/h5-11H,4,13H2,1-3H3. The van der Waals surface area contributed by atoms with Crippen LogP contribution in [-0.4, -0.2) is 11.1 Å². The zero-order valence-corrected chi connectivity index (χ0v) is 16.0. The monoisotopic (exact) mass is 377 g/mol. The fraction of sp³-hybridized carbons (Fsp3) is 0.227. The van der Waals surface area contributed by atoms with E-state index in [0.717, 1.165) is 34.2 Å². The lowest BCUT2D eigenvalue weighted by Crippen LogP contribution is -2.29. The Kier molecular flexibility index (Phi) is 5.55. The van der Waals surface area contributed by atoms with Crippen LogP contribution in [0.4, 0.5) is 10.1 Å². The van der Waals surface area contributed by atoms with Crippen LogP contribution in [0.5, 0.6) is 0 Å². The molecular weight excluding hydrogens is 357 g/mol. The van der Waals surface area contributed by atoms with Crippen molar-refractivity contribution in [1.82, 2.24) is 5.16 Å². The van der Waals surface area contributed by atoms with Crippen LogP contribution >= 0.6 is 0 Å². The van der Waals surface area contributed by atoms with Gasteiger partial charge in [-0.05, 0) is 49.2 Å². The van der Waals surface area contributed by atoms with Gasteiger partial charge in [0.25, 0.3) is 0 Å². The van der Waals surface area contributed by atoms with E-state index in [4.69, 9.17) is 9.78 Å². The second kappa shape index (κ2) is 8.05. The van der Waals surface area contributed by atoms with Crippen molar-refractivity contribution in [3.8, 4) is 17.2 Å². The predicted octanol–water partition coefficient (Wildman–Crippen LogP) is 4.91. The number of benzene rings is 2. The molecule has 0 saturated heterocycles. The number of rotatable bonds is 5. The topological polar surface area (TPSA) is 70.1 Å². The molecule has 1 heterocycles. The van der Waals surface area contributed by atoms with Crippen LogP contribution in [-0.2, 0) is 11.3 Å². The molecule has 0 unspecified atom stereocenters. The molecule has 0 radical (unpaired) electrons. The molecule has 0 bridgehead atoms. The highest BCUT2D eigenvalue weighted by atomic mass is 19.1. The van der Waals surface area contributed by atoms with Crippen molar-refractivity contribution in [2.75, 3.05) is 4.90 Å². The fourth-order valence-electron chi connectivity index (χ4n) is 3.21. The van der Waals surface area contributed by atoms with Crippen LogP contribution in [0.15, 0.2) is 47.0 Å². The van der Waals surface area contributed by atoms with E-state index >= 15 is 0 Å².